The lowest BCUT2D eigenvalue weighted by Crippen LogP contribution is -2.48. The van der Waals surface area contributed by atoms with Crippen molar-refractivity contribution in [2.45, 2.75) is 6.04 Å². The number of carbonyl (C=O) groups excluding carboxylic acids is 1. The largest absolute Gasteiger partial charge is 0.480 e. The van der Waals surface area contributed by atoms with Crippen molar-refractivity contribution >= 4 is 39.2 Å². The fraction of sp³-hybridized carbons (Fsp3) is 0.333. The van der Waals surface area contributed by atoms with E-state index in [0.29, 0.717) is 26.2 Å². The van der Waals surface area contributed by atoms with Crippen LogP contribution in [0.5, 0.6) is 0 Å². The molecule has 0 saturated carbocycles. The van der Waals surface area contributed by atoms with E-state index in [1.165, 1.54) is 0 Å². The fourth-order valence-electron chi connectivity index (χ4n) is 2.93. The molecule has 1 amide bonds. The van der Waals surface area contributed by atoms with Gasteiger partial charge in [0.1, 0.15) is 6.04 Å². The van der Waals surface area contributed by atoms with E-state index in [-0.39, 0.29) is 0 Å². The quantitative estimate of drug-likeness (QED) is 0.810. The van der Waals surface area contributed by atoms with E-state index in [1.807, 2.05) is 23.1 Å². The van der Waals surface area contributed by atoms with Crippen molar-refractivity contribution in [2.75, 3.05) is 26.2 Å². The number of amides is 1. The van der Waals surface area contributed by atoms with Crippen LogP contribution in [0.2, 0.25) is 0 Å². The van der Waals surface area contributed by atoms with Crippen molar-refractivity contribution in [1.82, 2.24) is 14.8 Å². The van der Waals surface area contributed by atoms with E-state index < -0.39 is 12.0 Å². The molecule has 1 aliphatic heterocycles. The van der Waals surface area contributed by atoms with Gasteiger partial charge >= 0.3 is 5.97 Å². The number of hydrogen-bond acceptors (Lipinski definition) is 3. The zero-order valence-electron chi connectivity index (χ0n) is 11.8. The molecule has 1 aliphatic rings. The second-order valence-electron chi connectivity index (χ2n) is 5.35. The van der Waals surface area contributed by atoms with E-state index in [0.717, 1.165) is 27.3 Å². The first-order valence-electron chi connectivity index (χ1n) is 7.03. The number of nitrogens with zero attached hydrogens (tertiary/aromatic N) is 2. The maximum atomic E-state index is 11.8. The van der Waals surface area contributed by atoms with Gasteiger partial charge in [-0.25, -0.2) is 0 Å². The molecule has 2 aromatic rings. The topological polar surface area (TPSA) is 76.6 Å². The minimum absolute atomic E-state index is 0.554. The number of piperazine rings is 1. The summed E-state index contributed by atoms with van der Waals surface area (Å²) in [6.07, 6.45) is 2.58. The van der Waals surface area contributed by atoms with Gasteiger partial charge in [-0.3, -0.25) is 14.5 Å². The molecule has 2 N–H and O–H groups in total. The van der Waals surface area contributed by atoms with Crippen LogP contribution in [0.1, 0.15) is 11.6 Å². The SMILES string of the molecule is O=CN1CCN(C(C(=O)O)c2c[nH]c3cc(Br)ccc23)CC1. The van der Waals surface area contributed by atoms with Gasteiger partial charge in [-0.1, -0.05) is 22.0 Å². The van der Waals surface area contributed by atoms with E-state index in [9.17, 15) is 14.7 Å². The van der Waals surface area contributed by atoms with Gasteiger partial charge in [0.25, 0.3) is 0 Å². The van der Waals surface area contributed by atoms with Crippen molar-refractivity contribution in [3.05, 3.63) is 34.4 Å². The number of H-pyrrole nitrogens is 1. The van der Waals surface area contributed by atoms with Gasteiger partial charge in [0.2, 0.25) is 6.41 Å². The van der Waals surface area contributed by atoms with Crippen LogP contribution < -0.4 is 0 Å². The number of nitrogens with one attached hydrogen (secondary N) is 1. The molecule has 116 valence electrons. The third-order valence-corrected chi connectivity index (χ3v) is 4.56. The van der Waals surface area contributed by atoms with Crippen LogP contribution in [0, 0.1) is 0 Å². The number of carboxylic acid groups (broad SMARTS) is 1. The van der Waals surface area contributed by atoms with Crippen molar-refractivity contribution in [2.24, 2.45) is 0 Å². The number of hydrogen-bond donors (Lipinski definition) is 2. The van der Waals surface area contributed by atoms with Crippen molar-refractivity contribution < 1.29 is 14.7 Å². The molecular weight excluding hydrogens is 350 g/mol. The summed E-state index contributed by atoms with van der Waals surface area (Å²) in [5.74, 6) is -0.872. The molecular formula is C15H16BrN3O3. The Bertz CT molecular complexity index is 707. The van der Waals surface area contributed by atoms with Crippen molar-refractivity contribution in [1.29, 1.82) is 0 Å². The average Bonchev–Trinajstić information content (AvgIpc) is 2.90. The van der Waals surface area contributed by atoms with E-state index in [1.54, 1.807) is 11.1 Å². The van der Waals surface area contributed by atoms with Gasteiger partial charge in [0.05, 0.1) is 0 Å². The number of aromatic amines is 1. The van der Waals surface area contributed by atoms with E-state index in [4.69, 9.17) is 0 Å². The highest BCUT2D eigenvalue weighted by Crippen LogP contribution is 2.30. The monoisotopic (exact) mass is 365 g/mol. The molecule has 1 unspecified atom stereocenters. The van der Waals surface area contributed by atoms with Crippen molar-refractivity contribution in [3.63, 3.8) is 0 Å². The first-order chi connectivity index (χ1) is 10.6. The van der Waals surface area contributed by atoms with Gasteiger partial charge in [0, 0.05) is 53.3 Å². The standard InChI is InChI=1S/C15H16BrN3O3/c16-10-1-2-11-12(8-17-13(11)7-10)14(15(21)22)19-5-3-18(9-20)4-6-19/h1-2,7-9,14,17H,3-6H2,(H,21,22). The molecule has 3 rings (SSSR count). The fourth-order valence-corrected chi connectivity index (χ4v) is 3.30. The molecule has 0 radical (unpaired) electrons. The summed E-state index contributed by atoms with van der Waals surface area (Å²) in [6.45, 7) is 2.22. The minimum atomic E-state index is -0.872. The first kappa shape index (κ1) is 15.1. The Balaban J connectivity index is 1.93. The number of aromatic nitrogens is 1. The Kier molecular flexibility index (Phi) is 4.17. The van der Waals surface area contributed by atoms with Crippen LogP contribution in [0.15, 0.2) is 28.9 Å². The molecule has 1 aromatic heterocycles. The molecule has 6 nitrogen and oxygen atoms in total. The molecule has 1 fully saturated rings. The number of aliphatic carboxylic acids is 1. The van der Waals surface area contributed by atoms with Crippen LogP contribution >= 0.6 is 15.9 Å². The Morgan fingerprint density at radius 1 is 1.32 bits per heavy atom. The van der Waals surface area contributed by atoms with E-state index in [2.05, 4.69) is 20.9 Å². The highest BCUT2D eigenvalue weighted by molar-refractivity contribution is 9.10. The van der Waals surface area contributed by atoms with Gasteiger partial charge in [-0.15, -0.1) is 0 Å². The Morgan fingerprint density at radius 3 is 2.68 bits per heavy atom. The highest BCUT2D eigenvalue weighted by atomic mass is 79.9. The predicted molar refractivity (Wildman–Crippen MR) is 85.6 cm³/mol. The molecule has 2 heterocycles. The summed E-state index contributed by atoms with van der Waals surface area (Å²) in [5.41, 5.74) is 1.66. The van der Waals surface area contributed by atoms with E-state index >= 15 is 0 Å². The second-order valence-corrected chi connectivity index (χ2v) is 6.27. The number of rotatable bonds is 4. The number of carbonyl (C=O) groups is 2. The summed E-state index contributed by atoms with van der Waals surface area (Å²) in [6, 6.07) is 5.05. The Morgan fingerprint density at radius 2 is 2.05 bits per heavy atom. The highest BCUT2D eigenvalue weighted by Gasteiger charge is 2.31. The lowest BCUT2D eigenvalue weighted by molar-refractivity contribution is -0.144. The van der Waals surface area contributed by atoms with Gasteiger partial charge in [-0.05, 0) is 12.1 Å². The summed E-state index contributed by atoms with van der Waals surface area (Å²) in [5, 5.41) is 10.6. The molecule has 0 bridgehead atoms. The first-order valence-corrected chi connectivity index (χ1v) is 7.82. The Hall–Kier alpha value is -1.86. The molecule has 22 heavy (non-hydrogen) atoms. The number of fused-ring (bicyclic) bond motifs is 1. The van der Waals surface area contributed by atoms with Gasteiger partial charge in [-0.2, -0.15) is 0 Å². The zero-order chi connectivity index (χ0) is 15.7. The van der Waals surface area contributed by atoms with Crippen LogP contribution in [-0.4, -0.2) is 58.4 Å². The lowest BCUT2D eigenvalue weighted by atomic mass is 10.0. The molecule has 1 atom stereocenters. The summed E-state index contributed by atoms with van der Waals surface area (Å²) >= 11 is 3.41. The maximum Gasteiger partial charge on any atom is 0.325 e. The smallest absolute Gasteiger partial charge is 0.325 e. The average molecular weight is 366 g/mol. The lowest BCUT2D eigenvalue weighted by Gasteiger charge is -2.36. The molecule has 0 spiro atoms. The van der Waals surface area contributed by atoms with Crippen LogP contribution in [0.4, 0.5) is 0 Å². The summed E-state index contributed by atoms with van der Waals surface area (Å²) in [4.78, 5) is 29.3. The third-order valence-electron chi connectivity index (χ3n) is 4.07. The molecule has 7 heteroatoms. The van der Waals surface area contributed by atoms with Crippen LogP contribution in [0.3, 0.4) is 0 Å². The minimum Gasteiger partial charge on any atom is -0.480 e. The normalized spacial score (nSPS) is 17.6. The van der Waals surface area contributed by atoms with Crippen LogP contribution in [0.25, 0.3) is 10.9 Å². The maximum absolute atomic E-state index is 11.8. The van der Waals surface area contributed by atoms with Gasteiger partial charge in [0.15, 0.2) is 0 Å². The summed E-state index contributed by atoms with van der Waals surface area (Å²) in [7, 11) is 0. The zero-order valence-corrected chi connectivity index (χ0v) is 13.4. The third kappa shape index (κ3) is 2.74. The summed E-state index contributed by atoms with van der Waals surface area (Å²) < 4.78 is 0.944. The van der Waals surface area contributed by atoms with Gasteiger partial charge < -0.3 is 15.0 Å². The molecule has 1 aromatic carbocycles. The number of halogens is 1. The second kappa shape index (κ2) is 6.10. The van der Waals surface area contributed by atoms with Crippen LogP contribution in [-0.2, 0) is 9.59 Å². The number of benzene rings is 1. The predicted octanol–water partition coefficient (Wildman–Crippen LogP) is 1.83. The molecule has 1 saturated heterocycles. The Labute approximate surface area is 135 Å². The van der Waals surface area contributed by atoms with Crippen molar-refractivity contribution in [3.8, 4) is 0 Å². The number of carboxylic acids is 1. The molecule has 0 aliphatic carbocycles.